The fourth-order valence-electron chi connectivity index (χ4n) is 5.00. The molecule has 3 aliphatic heterocycles. The number of hydrogen-bond donors (Lipinski definition) is 2. The molecule has 3 aliphatic rings. The zero-order chi connectivity index (χ0) is 22.4. The van der Waals surface area contributed by atoms with Gasteiger partial charge in [-0.1, -0.05) is 6.07 Å². The molecular formula is C22H25FN6O3. The fraction of sp³-hybridized carbons (Fsp3) is 0.500. The van der Waals surface area contributed by atoms with Crippen LogP contribution in [0.2, 0.25) is 0 Å². The van der Waals surface area contributed by atoms with E-state index in [9.17, 15) is 14.4 Å². The third-order valence-corrected chi connectivity index (χ3v) is 6.69. The highest BCUT2D eigenvalue weighted by Crippen LogP contribution is 2.35. The first-order chi connectivity index (χ1) is 15.4. The third-order valence-electron chi connectivity index (χ3n) is 6.69. The van der Waals surface area contributed by atoms with Crippen molar-refractivity contribution in [3.05, 3.63) is 46.3 Å². The number of nitrogens with one attached hydrogen (secondary N) is 2. The average molecular weight is 440 g/mol. The first kappa shape index (κ1) is 20.7. The Balaban J connectivity index is 1.27. The van der Waals surface area contributed by atoms with Gasteiger partial charge in [-0.2, -0.15) is 0 Å². The van der Waals surface area contributed by atoms with Gasteiger partial charge in [-0.25, -0.2) is 4.39 Å². The minimum absolute atomic E-state index is 0.0766. The molecule has 0 bridgehead atoms. The molecule has 3 amide bonds. The van der Waals surface area contributed by atoms with Gasteiger partial charge in [-0.15, -0.1) is 10.2 Å². The molecule has 5 rings (SSSR count). The van der Waals surface area contributed by atoms with Crippen LogP contribution in [0.15, 0.2) is 12.1 Å². The predicted molar refractivity (Wildman–Crippen MR) is 111 cm³/mol. The van der Waals surface area contributed by atoms with E-state index in [0.717, 1.165) is 43.1 Å². The van der Waals surface area contributed by atoms with Crippen LogP contribution in [0.3, 0.4) is 0 Å². The Hall–Kier alpha value is -3.14. The van der Waals surface area contributed by atoms with Gasteiger partial charge >= 0.3 is 0 Å². The molecule has 2 aromatic rings. The Morgan fingerprint density at radius 3 is 2.59 bits per heavy atom. The van der Waals surface area contributed by atoms with E-state index in [1.54, 1.807) is 6.07 Å². The van der Waals surface area contributed by atoms with Crippen molar-refractivity contribution in [2.24, 2.45) is 0 Å². The predicted octanol–water partition coefficient (Wildman–Crippen LogP) is 1.39. The number of halogens is 1. The normalized spacial score (nSPS) is 22.4. The van der Waals surface area contributed by atoms with Crippen LogP contribution in [0, 0.1) is 12.7 Å². The first-order valence-electron chi connectivity index (χ1n) is 11.0. The average Bonchev–Trinajstić information content (AvgIpc) is 3.31. The van der Waals surface area contributed by atoms with Gasteiger partial charge in [-0.3, -0.25) is 24.6 Å². The molecule has 9 nitrogen and oxygen atoms in total. The second-order valence-corrected chi connectivity index (χ2v) is 8.84. The standard InChI is InChI=1S/C22H25FN6O3/c1-12-24-19(27-26-12)11-28-6-4-13(5-7-28)15-8-14-10-29(22(32)16(14)9-17(15)23)18-2-3-20(30)25-21(18)31/h8-9,13,18H,2-7,10-11H2,1H3,(H,24,26,27)(H,25,30,31). The zero-order valence-corrected chi connectivity index (χ0v) is 17.9. The van der Waals surface area contributed by atoms with E-state index in [2.05, 4.69) is 25.4 Å². The molecule has 1 atom stereocenters. The van der Waals surface area contributed by atoms with Crippen LogP contribution in [-0.2, 0) is 22.7 Å². The summed E-state index contributed by atoms with van der Waals surface area (Å²) in [4.78, 5) is 43.4. The highest BCUT2D eigenvalue weighted by atomic mass is 19.1. The monoisotopic (exact) mass is 440 g/mol. The topological polar surface area (TPSA) is 111 Å². The number of carbonyl (C=O) groups is 3. The molecule has 0 saturated carbocycles. The second kappa shape index (κ2) is 8.09. The van der Waals surface area contributed by atoms with Gasteiger partial charge in [-0.05, 0) is 62.4 Å². The van der Waals surface area contributed by atoms with E-state index in [0.29, 0.717) is 24.1 Å². The summed E-state index contributed by atoms with van der Waals surface area (Å²) in [5, 5.41) is 10.4. The van der Waals surface area contributed by atoms with Crippen LogP contribution in [-0.4, -0.2) is 61.8 Å². The van der Waals surface area contributed by atoms with Crippen LogP contribution in [0.4, 0.5) is 4.39 Å². The molecule has 2 saturated heterocycles. The first-order valence-corrected chi connectivity index (χ1v) is 11.0. The summed E-state index contributed by atoms with van der Waals surface area (Å²) in [7, 11) is 0. The number of piperidine rings is 2. The Kier molecular flexibility index (Phi) is 5.24. The van der Waals surface area contributed by atoms with E-state index in [1.807, 2.05) is 6.92 Å². The van der Waals surface area contributed by atoms with E-state index < -0.39 is 11.9 Å². The van der Waals surface area contributed by atoms with E-state index >= 15 is 4.39 Å². The molecule has 1 aromatic carbocycles. The van der Waals surface area contributed by atoms with Crippen LogP contribution in [0.1, 0.15) is 64.7 Å². The molecule has 168 valence electrons. The SMILES string of the molecule is Cc1nnc(CN2CCC(c3cc4c(cc3F)C(=O)N(C3CCC(=O)NC3=O)C4)CC2)[nH]1. The molecule has 32 heavy (non-hydrogen) atoms. The number of fused-ring (bicyclic) bond motifs is 1. The van der Waals surface area contributed by atoms with Crippen molar-refractivity contribution in [1.29, 1.82) is 0 Å². The van der Waals surface area contributed by atoms with Crippen molar-refractivity contribution in [3.8, 4) is 0 Å². The molecule has 1 unspecified atom stereocenters. The number of aromatic amines is 1. The lowest BCUT2D eigenvalue weighted by molar-refractivity contribution is -0.136. The number of carbonyl (C=O) groups excluding carboxylic acids is 3. The maximum Gasteiger partial charge on any atom is 0.255 e. The summed E-state index contributed by atoms with van der Waals surface area (Å²) < 4.78 is 15.0. The van der Waals surface area contributed by atoms with E-state index in [-0.39, 0.29) is 36.5 Å². The van der Waals surface area contributed by atoms with Crippen molar-refractivity contribution in [3.63, 3.8) is 0 Å². The molecule has 2 fully saturated rings. The lowest BCUT2D eigenvalue weighted by Crippen LogP contribution is -2.52. The number of imide groups is 1. The van der Waals surface area contributed by atoms with Crippen molar-refractivity contribution in [1.82, 2.24) is 30.3 Å². The number of H-pyrrole nitrogens is 1. The third kappa shape index (κ3) is 3.79. The zero-order valence-electron chi connectivity index (χ0n) is 17.9. The largest absolute Gasteiger partial charge is 0.328 e. The molecule has 1 aromatic heterocycles. The summed E-state index contributed by atoms with van der Waals surface area (Å²) in [5.41, 5.74) is 1.70. The Morgan fingerprint density at radius 2 is 1.91 bits per heavy atom. The molecule has 4 heterocycles. The number of nitrogens with zero attached hydrogens (tertiary/aromatic N) is 4. The Labute approximate surface area is 184 Å². The minimum atomic E-state index is -0.693. The lowest BCUT2D eigenvalue weighted by atomic mass is 9.87. The molecule has 2 N–H and O–H groups in total. The number of likely N-dealkylation sites (tertiary alicyclic amines) is 1. The van der Waals surface area contributed by atoms with Crippen molar-refractivity contribution < 1.29 is 18.8 Å². The molecule has 0 radical (unpaired) electrons. The summed E-state index contributed by atoms with van der Waals surface area (Å²) in [6.07, 6.45) is 2.12. The second-order valence-electron chi connectivity index (χ2n) is 8.84. The maximum atomic E-state index is 15.0. The van der Waals surface area contributed by atoms with Gasteiger partial charge in [0.2, 0.25) is 11.8 Å². The molecular weight excluding hydrogens is 415 g/mol. The summed E-state index contributed by atoms with van der Waals surface area (Å²) in [6.45, 7) is 4.46. The number of aryl methyl sites for hydroxylation is 1. The maximum absolute atomic E-state index is 15.0. The minimum Gasteiger partial charge on any atom is -0.328 e. The number of benzene rings is 1. The van der Waals surface area contributed by atoms with Gasteiger partial charge in [0.25, 0.3) is 5.91 Å². The van der Waals surface area contributed by atoms with Crippen molar-refractivity contribution >= 4 is 17.7 Å². The number of hydrogen-bond acceptors (Lipinski definition) is 6. The smallest absolute Gasteiger partial charge is 0.255 e. The highest BCUT2D eigenvalue weighted by Gasteiger charge is 2.40. The van der Waals surface area contributed by atoms with Gasteiger partial charge in [0.05, 0.1) is 6.54 Å². The highest BCUT2D eigenvalue weighted by molar-refractivity contribution is 6.05. The van der Waals surface area contributed by atoms with Crippen molar-refractivity contribution in [2.45, 2.75) is 57.7 Å². The quantitative estimate of drug-likeness (QED) is 0.695. The molecule has 10 heteroatoms. The van der Waals surface area contributed by atoms with Crippen LogP contribution >= 0.6 is 0 Å². The van der Waals surface area contributed by atoms with Crippen LogP contribution < -0.4 is 5.32 Å². The molecule has 0 aliphatic carbocycles. The molecule has 0 spiro atoms. The van der Waals surface area contributed by atoms with E-state index in [4.69, 9.17) is 0 Å². The van der Waals surface area contributed by atoms with Crippen LogP contribution in [0.5, 0.6) is 0 Å². The van der Waals surface area contributed by atoms with Crippen LogP contribution in [0.25, 0.3) is 0 Å². The van der Waals surface area contributed by atoms with Gasteiger partial charge in [0.15, 0.2) is 0 Å². The summed E-state index contributed by atoms with van der Waals surface area (Å²) >= 11 is 0. The Morgan fingerprint density at radius 1 is 1.12 bits per heavy atom. The summed E-state index contributed by atoms with van der Waals surface area (Å²) in [5.74, 6) is 0.190. The van der Waals surface area contributed by atoms with E-state index in [1.165, 1.54) is 11.0 Å². The van der Waals surface area contributed by atoms with Gasteiger partial charge in [0, 0.05) is 18.5 Å². The number of aromatic nitrogens is 3. The Bertz CT molecular complexity index is 1090. The van der Waals surface area contributed by atoms with Gasteiger partial charge in [0.1, 0.15) is 23.5 Å². The number of rotatable bonds is 4. The number of amides is 3. The van der Waals surface area contributed by atoms with Crippen molar-refractivity contribution in [2.75, 3.05) is 13.1 Å². The summed E-state index contributed by atoms with van der Waals surface area (Å²) in [6, 6.07) is 2.43. The lowest BCUT2D eigenvalue weighted by Gasteiger charge is -2.31. The van der Waals surface area contributed by atoms with Gasteiger partial charge < -0.3 is 9.88 Å². The fourth-order valence-corrected chi connectivity index (χ4v) is 5.00.